The molecular formula is C22H30N4O4S. The number of aromatic nitrogens is 1. The normalized spacial score (nSPS) is 15.8. The highest BCUT2D eigenvalue weighted by molar-refractivity contribution is 7.09. The number of carbonyl (C=O) groups is 2. The quantitative estimate of drug-likeness (QED) is 0.606. The van der Waals surface area contributed by atoms with E-state index in [1.54, 1.807) is 42.5 Å². The van der Waals surface area contributed by atoms with Crippen molar-refractivity contribution in [2.45, 2.75) is 46.3 Å². The zero-order chi connectivity index (χ0) is 22.2. The largest absolute Gasteiger partial charge is 0.494 e. The topological polar surface area (TPSA) is 92.8 Å². The van der Waals surface area contributed by atoms with E-state index in [2.05, 4.69) is 26.1 Å². The second-order valence-electron chi connectivity index (χ2n) is 7.55. The maximum atomic E-state index is 12.4. The van der Waals surface area contributed by atoms with Crippen molar-refractivity contribution < 1.29 is 19.1 Å². The first kappa shape index (κ1) is 23.0. The van der Waals surface area contributed by atoms with Gasteiger partial charge in [-0.1, -0.05) is 0 Å². The number of nitrogens with zero attached hydrogens (tertiary/aromatic N) is 2. The highest BCUT2D eigenvalue weighted by Gasteiger charge is 2.26. The molecule has 1 aromatic heterocycles. The van der Waals surface area contributed by atoms with E-state index in [1.807, 2.05) is 13.8 Å². The summed E-state index contributed by atoms with van der Waals surface area (Å²) >= 11 is 1.65. The SMILES string of the molecule is CCOc1ccc(OC(C)C(=O)NNC(=O)C2CCN(Cc3csc(C)n3)CC2)cc1. The third kappa shape index (κ3) is 6.93. The summed E-state index contributed by atoms with van der Waals surface area (Å²) in [5.74, 6) is 0.618. The molecule has 2 amide bonds. The first-order chi connectivity index (χ1) is 14.9. The van der Waals surface area contributed by atoms with Gasteiger partial charge < -0.3 is 9.47 Å². The van der Waals surface area contributed by atoms with E-state index in [1.165, 1.54) is 0 Å². The second-order valence-corrected chi connectivity index (χ2v) is 8.61. The monoisotopic (exact) mass is 446 g/mol. The molecule has 0 radical (unpaired) electrons. The molecule has 1 atom stereocenters. The molecule has 0 aliphatic carbocycles. The number of hydrogen-bond acceptors (Lipinski definition) is 7. The van der Waals surface area contributed by atoms with Gasteiger partial charge in [-0.25, -0.2) is 4.98 Å². The number of hydrogen-bond donors (Lipinski definition) is 2. The Morgan fingerprint density at radius 1 is 1.19 bits per heavy atom. The fourth-order valence-corrected chi connectivity index (χ4v) is 4.03. The molecule has 2 heterocycles. The molecule has 1 aliphatic heterocycles. The van der Waals surface area contributed by atoms with E-state index in [9.17, 15) is 9.59 Å². The lowest BCUT2D eigenvalue weighted by atomic mass is 9.96. The van der Waals surface area contributed by atoms with Crippen molar-refractivity contribution in [1.82, 2.24) is 20.7 Å². The van der Waals surface area contributed by atoms with E-state index in [4.69, 9.17) is 9.47 Å². The molecule has 2 N–H and O–H groups in total. The molecule has 3 rings (SSSR count). The highest BCUT2D eigenvalue weighted by Crippen LogP contribution is 2.20. The molecule has 31 heavy (non-hydrogen) atoms. The van der Waals surface area contributed by atoms with Gasteiger partial charge >= 0.3 is 0 Å². The summed E-state index contributed by atoms with van der Waals surface area (Å²) in [6.07, 6.45) is 0.758. The number of benzene rings is 1. The Hall–Kier alpha value is -2.65. The lowest BCUT2D eigenvalue weighted by Crippen LogP contribution is -2.50. The number of thiazole rings is 1. The van der Waals surface area contributed by atoms with Crippen LogP contribution < -0.4 is 20.3 Å². The highest BCUT2D eigenvalue weighted by atomic mass is 32.1. The summed E-state index contributed by atoms with van der Waals surface area (Å²) in [6.45, 7) is 8.62. The predicted octanol–water partition coefficient (Wildman–Crippen LogP) is 2.68. The van der Waals surface area contributed by atoms with Crippen LogP contribution in [0.5, 0.6) is 11.5 Å². The fraction of sp³-hybridized carbons (Fsp3) is 0.500. The second kappa shape index (κ2) is 11.1. The van der Waals surface area contributed by atoms with Crippen molar-refractivity contribution in [3.8, 4) is 11.5 Å². The molecule has 8 nitrogen and oxygen atoms in total. The van der Waals surface area contributed by atoms with E-state index in [0.717, 1.165) is 48.9 Å². The van der Waals surface area contributed by atoms with Crippen LogP contribution in [0, 0.1) is 12.8 Å². The van der Waals surface area contributed by atoms with E-state index >= 15 is 0 Å². The summed E-state index contributed by atoms with van der Waals surface area (Å²) in [7, 11) is 0. The minimum atomic E-state index is -0.748. The maximum Gasteiger partial charge on any atom is 0.279 e. The lowest BCUT2D eigenvalue weighted by Gasteiger charge is -2.30. The van der Waals surface area contributed by atoms with Crippen LogP contribution in [-0.2, 0) is 16.1 Å². The number of hydrazine groups is 1. The standard InChI is InChI=1S/C22H30N4O4S/c1-4-29-19-5-7-20(8-6-19)30-15(2)21(27)24-25-22(28)17-9-11-26(12-10-17)13-18-14-31-16(3)23-18/h5-8,14-15,17H,4,9-13H2,1-3H3,(H,24,27)(H,25,28). The van der Waals surface area contributed by atoms with Gasteiger partial charge in [-0.2, -0.15) is 0 Å². The number of rotatable bonds is 8. The molecule has 0 spiro atoms. The summed E-state index contributed by atoms with van der Waals surface area (Å²) in [5, 5.41) is 3.15. The first-order valence-corrected chi connectivity index (χ1v) is 11.4. The summed E-state index contributed by atoms with van der Waals surface area (Å²) in [5.41, 5.74) is 6.10. The van der Waals surface area contributed by atoms with Crippen LogP contribution in [0.4, 0.5) is 0 Å². The summed E-state index contributed by atoms with van der Waals surface area (Å²) in [6, 6.07) is 7.06. The smallest absolute Gasteiger partial charge is 0.279 e. The van der Waals surface area contributed by atoms with Crippen LogP contribution in [0.1, 0.15) is 37.4 Å². The molecule has 9 heteroatoms. The Bertz CT molecular complexity index is 863. The van der Waals surface area contributed by atoms with Gasteiger partial charge in [-0.3, -0.25) is 25.3 Å². The molecule has 1 unspecified atom stereocenters. The molecule has 0 bridgehead atoms. The molecule has 1 aromatic carbocycles. The fourth-order valence-electron chi connectivity index (χ4n) is 3.43. The van der Waals surface area contributed by atoms with Crippen molar-refractivity contribution in [2.24, 2.45) is 5.92 Å². The van der Waals surface area contributed by atoms with Crippen LogP contribution in [0.2, 0.25) is 0 Å². The van der Waals surface area contributed by atoms with Crippen LogP contribution in [0.25, 0.3) is 0 Å². The Balaban J connectivity index is 1.37. The van der Waals surface area contributed by atoms with E-state index in [-0.39, 0.29) is 11.8 Å². The van der Waals surface area contributed by atoms with Gasteiger partial charge in [0.1, 0.15) is 11.5 Å². The van der Waals surface area contributed by atoms with Crippen molar-refractivity contribution >= 4 is 23.2 Å². The van der Waals surface area contributed by atoms with Gasteiger partial charge in [-0.05, 0) is 71.0 Å². The van der Waals surface area contributed by atoms with Gasteiger partial charge in [0, 0.05) is 17.8 Å². The number of likely N-dealkylation sites (tertiary alicyclic amines) is 1. The Labute approximate surface area is 186 Å². The van der Waals surface area contributed by atoms with Crippen LogP contribution in [0.15, 0.2) is 29.6 Å². The zero-order valence-corrected chi connectivity index (χ0v) is 19.0. The molecule has 0 saturated carbocycles. The van der Waals surface area contributed by atoms with Gasteiger partial charge in [0.2, 0.25) is 5.91 Å². The number of piperidine rings is 1. The zero-order valence-electron chi connectivity index (χ0n) is 18.2. The Morgan fingerprint density at radius 3 is 2.48 bits per heavy atom. The minimum absolute atomic E-state index is 0.115. The van der Waals surface area contributed by atoms with E-state index in [0.29, 0.717) is 12.4 Å². The molecule has 168 valence electrons. The Kier molecular flexibility index (Phi) is 8.25. The predicted molar refractivity (Wildman–Crippen MR) is 119 cm³/mol. The van der Waals surface area contributed by atoms with Crippen LogP contribution in [0.3, 0.4) is 0 Å². The Morgan fingerprint density at radius 2 is 1.87 bits per heavy atom. The molecule has 1 aliphatic rings. The molecule has 2 aromatic rings. The maximum absolute atomic E-state index is 12.4. The van der Waals surface area contributed by atoms with Gasteiger partial charge in [0.15, 0.2) is 6.10 Å². The van der Waals surface area contributed by atoms with Crippen LogP contribution in [-0.4, -0.2) is 47.5 Å². The minimum Gasteiger partial charge on any atom is -0.494 e. The lowest BCUT2D eigenvalue weighted by molar-refractivity contribution is -0.135. The number of ether oxygens (including phenoxy) is 2. The van der Waals surface area contributed by atoms with Gasteiger partial charge in [0.05, 0.1) is 17.3 Å². The number of carbonyl (C=O) groups excluding carboxylic acids is 2. The molecule has 1 saturated heterocycles. The first-order valence-electron chi connectivity index (χ1n) is 10.6. The summed E-state index contributed by atoms with van der Waals surface area (Å²) in [4.78, 5) is 31.5. The van der Waals surface area contributed by atoms with Crippen LogP contribution >= 0.6 is 11.3 Å². The average Bonchev–Trinajstić information content (AvgIpc) is 3.18. The van der Waals surface area contributed by atoms with Gasteiger partial charge in [-0.15, -0.1) is 11.3 Å². The number of amides is 2. The van der Waals surface area contributed by atoms with Crippen molar-refractivity contribution in [3.63, 3.8) is 0 Å². The number of aryl methyl sites for hydroxylation is 1. The third-order valence-corrected chi connectivity index (χ3v) is 5.96. The average molecular weight is 447 g/mol. The van der Waals surface area contributed by atoms with Crippen molar-refractivity contribution in [1.29, 1.82) is 0 Å². The third-order valence-electron chi connectivity index (χ3n) is 5.14. The summed E-state index contributed by atoms with van der Waals surface area (Å²) < 4.78 is 11.0. The van der Waals surface area contributed by atoms with E-state index < -0.39 is 12.0 Å². The van der Waals surface area contributed by atoms with Gasteiger partial charge in [0.25, 0.3) is 5.91 Å². The van der Waals surface area contributed by atoms with Crippen molar-refractivity contribution in [2.75, 3.05) is 19.7 Å². The number of nitrogens with one attached hydrogen (secondary N) is 2. The van der Waals surface area contributed by atoms with Crippen molar-refractivity contribution in [3.05, 3.63) is 40.3 Å². The molecular weight excluding hydrogens is 416 g/mol. The molecule has 1 fully saturated rings.